The molecule has 0 aliphatic carbocycles. The van der Waals surface area contributed by atoms with Crippen LogP contribution >= 0.6 is 11.6 Å². The van der Waals surface area contributed by atoms with Gasteiger partial charge in [-0.15, -0.1) is 0 Å². The van der Waals surface area contributed by atoms with Crippen LogP contribution < -0.4 is 10.9 Å². The molecule has 2 heterocycles. The van der Waals surface area contributed by atoms with Crippen molar-refractivity contribution in [2.45, 2.75) is 0 Å². The molecule has 7 heteroatoms. The summed E-state index contributed by atoms with van der Waals surface area (Å²) < 4.78 is 5.16. The normalized spacial score (nSPS) is 11.0. The fourth-order valence-electron chi connectivity index (χ4n) is 2.44. The number of nitrogens with zero attached hydrogens (tertiary/aromatic N) is 1. The van der Waals surface area contributed by atoms with Gasteiger partial charge in [-0.05, 0) is 36.4 Å². The molecule has 0 aliphatic rings. The van der Waals surface area contributed by atoms with Gasteiger partial charge in [-0.3, -0.25) is 10.1 Å². The number of H-pyrrole nitrogens is 1. The number of hydrogen-bond acceptors (Lipinski definition) is 4. The van der Waals surface area contributed by atoms with Crippen molar-refractivity contribution in [2.75, 3.05) is 5.32 Å². The highest BCUT2D eigenvalue weighted by molar-refractivity contribution is 6.31. The first-order chi connectivity index (χ1) is 11.6. The smallest absolute Gasteiger partial charge is 0.349 e. The van der Waals surface area contributed by atoms with Crippen molar-refractivity contribution < 1.29 is 9.21 Å². The van der Waals surface area contributed by atoms with Crippen molar-refractivity contribution in [1.82, 2.24) is 9.97 Å². The third-order valence-corrected chi connectivity index (χ3v) is 3.80. The number of para-hydroxylation sites is 2. The highest BCUT2D eigenvalue weighted by Crippen LogP contribution is 2.19. The van der Waals surface area contributed by atoms with Crippen LogP contribution in [0.2, 0.25) is 5.02 Å². The van der Waals surface area contributed by atoms with Gasteiger partial charge in [0.15, 0.2) is 0 Å². The quantitative estimate of drug-likeness (QED) is 0.546. The molecule has 0 saturated heterocycles. The van der Waals surface area contributed by atoms with E-state index in [1.807, 2.05) is 24.3 Å². The minimum atomic E-state index is -0.724. The Morgan fingerprint density at radius 2 is 2.00 bits per heavy atom. The predicted molar refractivity (Wildman–Crippen MR) is 91.5 cm³/mol. The van der Waals surface area contributed by atoms with Crippen LogP contribution in [0.25, 0.3) is 22.0 Å². The second-order valence-corrected chi connectivity index (χ2v) is 5.62. The zero-order valence-corrected chi connectivity index (χ0v) is 12.9. The largest absolute Gasteiger partial charge is 0.422 e. The van der Waals surface area contributed by atoms with Gasteiger partial charge in [-0.2, -0.15) is 0 Å². The number of halogens is 1. The van der Waals surface area contributed by atoms with E-state index in [9.17, 15) is 9.59 Å². The Morgan fingerprint density at radius 1 is 1.17 bits per heavy atom. The summed E-state index contributed by atoms with van der Waals surface area (Å²) in [6, 6.07) is 13.6. The van der Waals surface area contributed by atoms with Crippen LogP contribution in [-0.2, 0) is 0 Å². The molecule has 0 radical (unpaired) electrons. The van der Waals surface area contributed by atoms with Crippen LogP contribution in [-0.4, -0.2) is 15.9 Å². The molecule has 6 nitrogen and oxygen atoms in total. The number of carbonyl (C=O) groups is 1. The zero-order valence-electron chi connectivity index (χ0n) is 12.2. The van der Waals surface area contributed by atoms with E-state index < -0.39 is 11.5 Å². The molecule has 118 valence electrons. The van der Waals surface area contributed by atoms with Crippen molar-refractivity contribution in [3.63, 3.8) is 0 Å². The minimum Gasteiger partial charge on any atom is -0.422 e. The number of hydrogen-bond donors (Lipinski definition) is 2. The van der Waals surface area contributed by atoms with E-state index in [0.29, 0.717) is 21.5 Å². The van der Waals surface area contributed by atoms with E-state index in [4.69, 9.17) is 16.0 Å². The minimum absolute atomic E-state index is 0.120. The van der Waals surface area contributed by atoms with Crippen molar-refractivity contribution >= 4 is 45.5 Å². The molecule has 2 aromatic heterocycles. The first-order valence-corrected chi connectivity index (χ1v) is 7.47. The Kier molecular flexibility index (Phi) is 3.32. The highest BCUT2D eigenvalue weighted by Gasteiger charge is 2.15. The van der Waals surface area contributed by atoms with E-state index in [-0.39, 0.29) is 11.5 Å². The number of imidazole rings is 1. The second-order valence-electron chi connectivity index (χ2n) is 5.19. The van der Waals surface area contributed by atoms with Crippen LogP contribution in [0.1, 0.15) is 10.4 Å². The summed E-state index contributed by atoms with van der Waals surface area (Å²) in [5.74, 6) is -0.350. The molecular formula is C17H10ClN3O3. The number of nitrogens with one attached hydrogen (secondary N) is 2. The van der Waals surface area contributed by atoms with Gasteiger partial charge in [-0.1, -0.05) is 23.7 Å². The van der Waals surface area contributed by atoms with E-state index >= 15 is 0 Å². The molecule has 2 aromatic carbocycles. The fraction of sp³-hybridized carbons (Fsp3) is 0. The van der Waals surface area contributed by atoms with Crippen LogP contribution in [0.5, 0.6) is 0 Å². The van der Waals surface area contributed by atoms with Gasteiger partial charge in [-0.25, -0.2) is 9.78 Å². The number of aromatic amines is 1. The number of anilines is 1. The molecule has 0 bridgehead atoms. The Morgan fingerprint density at radius 3 is 2.83 bits per heavy atom. The van der Waals surface area contributed by atoms with Crippen molar-refractivity contribution in [3.8, 4) is 0 Å². The maximum Gasteiger partial charge on any atom is 0.349 e. The predicted octanol–water partition coefficient (Wildman–Crippen LogP) is 3.58. The maximum absolute atomic E-state index is 12.4. The number of fused-ring (bicyclic) bond motifs is 2. The zero-order chi connectivity index (χ0) is 16.7. The summed E-state index contributed by atoms with van der Waals surface area (Å²) in [6.45, 7) is 0. The van der Waals surface area contributed by atoms with Gasteiger partial charge in [0.25, 0.3) is 5.91 Å². The topological polar surface area (TPSA) is 88.0 Å². The average molecular weight is 340 g/mol. The summed E-state index contributed by atoms with van der Waals surface area (Å²) in [4.78, 5) is 31.6. The first kappa shape index (κ1) is 14.5. The summed E-state index contributed by atoms with van der Waals surface area (Å²) in [5, 5.41) is 3.62. The summed E-state index contributed by atoms with van der Waals surface area (Å²) >= 11 is 5.93. The molecule has 0 saturated carbocycles. The second kappa shape index (κ2) is 5.50. The Balaban J connectivity index is 1.72. The SMILES string of the molecule is O=C(Nc1nc2ccccc2[nH]1)c1cc2cc(Cl)ccc2oc1=O. The molecular weight excluding hydrogens is 330 g/mol. The van der Waals surface area contributed by atoms with E-state index in [1.54, 1.807) is 18.2 Å². The lowest BCUT2D eigenvalue weighted by Crippen LogP contribution is -2.21. The standard InChI is InChI=1S/C17H10ClN3O3/c18-10-5-6-14-9(7-10)8-11(16(23)24-14)15(22)21-17-19-12-3-1-2-4-13(12)20-17/h1-8H,(H2,19,20,21,22). The summed E-state index contributed by atoms with van der Waals surface area (Å²) in [6.07, 6.45) is 0. The molecule has 4 rings (SSSR count). The molecule has 2 N–H and O–H groups in total. The van der Waals surface area contributed by atoms with Crippen LogP contribution in [0, 0.1) is 0 Å². The van der Waals surface area contributed by atoms with Gasteiger partial charge in [0.1, 0.15) is 11.1 Å². The lowest BCUT2D eigenvalue weighted by Gasteiger charge is -2.03. The number of aromatic nitrogens is 2. The van der Waals surface area contributed by atoms with Gasteiger partial charge in [0, 0.05) is 10.4 Å². The Bertz CT molecular complexity index is 1110. The lowest BCUT2D eigenvalue weighted by atomic mass is 10.2. The van der Waals surface area contributed by atoms with E-state index in [1.165, 1.54) is 6.07 Å². The maximum atomic E-state index is 12.4. The number of rotatable bonds is 2. The summed E-state index contributed by atoms with van der Waals surface area (Å²) in [5.41, 5.74) is 1.02. The number of amides is 1. The van der Waals surface area contributed by atoms with Crippen molar-refractivity contribution in [1.29, 1.82) is 0 Å². The molecule has 4 aromatic rings. The van der Waals surface area contributed by atoms with Crippen molar-refractivity contribution in [2.24, 2.45) is 0 Å². The first-order valence-electron chi connectivity index (χ1n) is 7.10. The van der Waals surface area contributed by atoms with Crippen LogP contribution in [0.15, 0.2) is 57.7 Å². The molecule has 24 heavy (non-hydrogen) atoms. The van der Waals surface area contributed by atoms with Crippen LogP contribution in [0.3, 0.4) is 0 Å². The molecule has 0 unspecified atom stereocenters. The van der Waals surface area contributed by atoms with Gasteiger partial charge in [0.2, 0.25) is 5.95 Å². The molecule has 1 amide bonds. The monoisotopic (exact) mass is 339 g/mol. The number of carbonyl (C=O) groups excluding carboxylic acids is 1. The number of benzene rings is 2. The van der Waals surface area contributed by atoms with E-state index in [0.717, 1.165) is 5.52 Å². The molecule has 0 aliphatic heterocycles. The van der Waals surface area contributed by atoms with Gasteiger partial charge >= 0.3 is 5.63 Å². The van der Waals surface area contributed by atoms with E-state index in [2.05, 4.69) is 15.3 Å². The molecule has 0 atom stereocenters. The molecule has 0 fully saturated rings. The average Bonchev–Trinajstić information content (AvgIpc) is 2.96. The molecule has 0 spiro atoms. The van der Waals surface area contributed by atoms with Crippen LogP contribution in [0.4, 0.5) is 5.95 Å². The van der Waals surface area contributed by atoms with Crippen molar-refractivity contribution in [3.05, 3.63) is 69.5 Å². The third-order valence-electron chi connectivity index (χ3n) is 3.56. The third kappa shape index (κ3) is 2.53. The van der Waals surface area contributed by atoms with Gasteiger partial charge < -0.3 is 9.40 Å². The fourth-order valence-corrected chi connectivity index (χ4v) is 2.62. The highest BCUT2D eigenvalue weighted by atomic mass is 35.5. The summed E-state index contributed by atoms with van der Waals surface area (Å²) in [7, 11) is 0. The Hall–Kier alpha value is -3.12. The Labute approximate surface area is 140 Å². The lowest BCUT2D eigenvalue weighted by molar-refractivity contribution is 0.102. The van der Waals surface area contributed by atoms with Gasteiger partial charge in [0.05, 0.1) is 11.0 Å².